The third-order valence-corrected chi connectivity index (χ3v) is 6.12. The lowest BCUT2D eigenvalue weighted by molar-refractivity contribution is -0.132. The quantitative estimate of drug-likeness (QED) is 0.765. The predicted molar refractivity (Wildman–Crippen MR) is 111 cm³/mol. The van der Waals surface area contributed by atoms with Gasteiger partial charge in [-0.3, -0.25) is 9.59 Å². The standard InChI is InChI=1S/C22H26N6O2/c29-20(27-12-10-26(11-13-27)19-5-1-2-8-23-19)15-28-9-3-4-18-17(22(28)30)14-24-21(25-18)16-6-7-16/h1-2,5,8,14,16H,3-4,6-7,9-13,15H2. The van der Waals surface area contributed by atoms with E-state index in [0.717, 1.165) is 56.1 Å². The Morgan fingerprint density at radius 3 is 2.63 bits per heavy atom. The van der Waals surface area contributed by atoms with Crippen molar-refractivity contribution in [1.29, 1.82) is 0 Å². The summed E-state index contributed by atoms with van der Waals surface area (Å²) in [5.41, 5.74) is 1.40. The molecule has 2 fully saturated rings. The van der Waals surface area contributed by atoms with Gasteiger partial charge in [0.1, 0.15) is 18.2 Å². The molecule has 0 spiro atoms. The van der Waals surface area contributed by atoms with E-state index >= 15 is 0 Å². The molecule has 2 aromatic rings. The summed E-state index contributed by atoms with van der Waals surface area (Å²) in [5, 5.41) is 0. The maximum Gasteiger partial charge on any atom is 0.257 e. The van der Waals surface area contributed by atoms with Gasteiger partial charge in [0.05, 0.1) is 11.3 Å². The molecule has 0 unspecified atom stereocenters. The van der Waals surface area contributed by atoms with E-state index in [2.05, 4.69) is 19.9 Å². The lowest BCUT2D eigenvalue weighted by Crippen LogP contribution is -2.52. The molecule has 8 heteroatoms. The van der Waals surface area contributed by atoms with Gasteiger partial charge in [0.2, 0.25) is 5.91 Å². The molecule has 2 amide bonds. The summed E-state index contributed by atoms with van der Waals surface area (Å²) >= 11 is 0. The highest BCUT2D eigenvalue weighted by molar-refractivity contribution is 5.97. The maximum absolute atomic E-state index is 13.0. The molecule has 5 rings (SSSR count). The third-order valence-electron chi connectivity index (χ3n) is 6.12. The van der Waals surface area contributed by atoms with Gasteiger partial charge >= 0.3 is 0 Å². The molecular formula is C22H26N6O2. The van der Waals surface area contributed by atoms with Gasteiger partial charge in [-0.25, -0.2) is 15.0 Å². The molecule has 8 nitrogen and oxygen atoms in total. The van der Waals surface area contributed by atoms with Crippen LogP contribution >= 0.6 is 0 Å². The van der Waals surface area contributed by atoms with Gasteiger partial charge in [0.25, 0.3) is 5.91 Å². The van der Waals surface area contributed by atoms with Crippen LogP contribution in [0.25, 0.3) is 0 Å². The van der Waals surface area contributed by atoms with Crippen LogP contribution in [0.3, 0.4) is 0 Å². The number of carbonyl (C=O) groups is 2. The largest absolute Gasteiger partial charge is 0.353 e. The van der Waals surface area contributed by atoms with Crippen molar-refractivity contribution >= 4 is 17.6 Å². The van der Waals surface area contributed by atoms with Crippen LogP contribution in [0, 0.1) is 0 Å². The van der Waals surface area contributed by atoms with Crippen LogP contribution in [0.4, 0.5) is 5.82 Å². The number of fused-ring (bicyclic) bond motifs is 1. The second-order valence-electron chi connectivity index (χ2n) is 8.25. The molecule has 1 saturated heterocycles. The van der Waals surface area contributed by atoms with Crippen LogP contribution in [0.2, 0.25) is 0 Å². The van der Waals surface area contributed by atoms with Crippen molar-refractivity contribution < 1.29 is 9.59 Å². The first-order chi connectivity index (χ1) is 14.7. The van der Waals surface area contributed by atoms with Crippen molar-refractivity contribution in [3.63, 3.8) is 0 Å². The van der Waals surface area contributed by atoms with Gasteiger partial charge in [-0.05, 0) is 37.8 Å². The highest BCUT2D eigenvalue weighted by Crippen LogP contribution is 2.38. The zero-order chi connectivity index (χ0) is 20.5. The maximum atomic E-state index is 13.0. The smallest absolute Gasteiger partial charge is 0.257 e. The SMILES string of the molecule is O=C(CN1CCCc2nc(C3CC3)ncc2C1=O)N1CCN(c2ccccn2)CC1. The summed E-state index contributed by atoms with van der Waals surface area (Å²) < 4.78 is 0. The van der Waals surface area contributed by atoms with Gasteiger partial charge in [0.15, 0.2) is 0 Å². The van der Waals surface area contributed by atoms with Gasteiger partial charge in [-0.2, -0.15) is 0 Å². The molecule has 0 N–H and O–H groups in total. The van der Waals surface area contributed by atoms with Crippen LogP contribution in [0.5, 0.6) is 0 Å². The summed E-state index contributed by atoms with van der Waals surface area (Å²) in [6.45, 7) is 3.47. The fourth-order valence-electron chi connectivity index (χ4n) is 4.19. The molecule has 0 aromatic carbocycles. The third kappa shape index (κ3) is 3.86. The second kappa shape index (κ2) is 8.01. The molecular weight excluding hydrogens is 380 g/mol. The number of anilines is 1. The molecule has 0 bridgehead atoms. The first kappa shape index (κ1) is 19.0. The lowest BCUT2D eigenvalue weighted by atomic mass is 10.1. The molecule has 1 saturated carbocycles. The van der Waals surface area contributed by atoms with Crippen molar-refractivity contribution in [2.75, 3.05) is 44.2 Å². The number of hydrogen-bond donors (Lipinski definition) is 0. The van der Waals surface area contributed by atoms with Crippen LogP contribution in [0.15, 0.2) is 30.6 Å². The molecule has 1 aliphatic carbocycles. The molecule has 2 aromatic heterocycles. The molecule has 156 valence electrons. The van der Waals surface area contributed by atoms with E-state index in [-0.39, 0.29) is 18.4 Å². The average molecular weight is 406 g/mol. The monoisotopic (exact) mass is 406 g/mol. The summed E-state index contributed by atoms with van der Waals surface area (Å²) in [7, 11) is 0. The fourth-order valence-corrected chi connectivity index (χ4v) is 4.19. The van der Waals surface area contributed by atoms with Crippen molar-refractivity contribution in [2.24, 2.45) is 0 Å². The Kier molecular flexibility index (Phi) is 5.06. The number of pyridine rings is 1. The Labute approximate surface area is 175 Å². The number of hydrogen-bond acceptors (Lipinski definition) is 6. The van der Waals surface area contributed by atoms with E-state index in [0.29, 0.717) is 31.1 Å². The summed E-state index contributed by atoms with van der Waals surface area (Å²) in [6, 6.07) is 5.86. The van der Waals surface area contributed by atoms with Crippen molar-refractivity contribution in [3.8, 4) is 0 Å². The van der Waals surface area contributed by atoms with Gasteiger partial charge in [-0.15, -0.1) is 0 Å². The van der Waals surface area contributed by atoms with Crippen molar-refractivity contribution in [3.05, 3.63) is 47.7 Å². The van der Waals surface area contributed by atoms with E-state index < -0.39 is 0 Å². The molecule has 30 heavy (non-hydrogen) atoms. The number of carbonyl (C=O) groups excluding carboxylic acids is 2. The van der Waals surface area contributed by atoms with Gasteiger partial charge in [-0.1, -0.05) is 6.07 Å². The summed E-state index contributed by atoms with van der Waals surface area (Å²) in [4.78, 5) is 45.1. The zero-order valence-corrected chi connectivity index (χ0v) is 17.0. The van der Waals surface area contributed by atoms with Crippen LogP contribution in [0.1, 0.15) is 47.1 Å². The Bertz CT molecular complexity index is 938. The highest BCUT2D eigenvalue weighted by Gasteiger charge is 2.31. The predicted octanol–water partition coefficient (Wildman–Crippen LogP) is 1.49. The molecule has 2 aliphatic heterocycles. The number of piperazine rings is 1. The first-order valence-electron chi connectivity index (χ1n) is 10.8. The van der Waals surface area contributed by atoms with Gasteiger partial charge < -0.3 is 14.7 Å². The van der Waals surface area contributed by atoms with Crippen molar-refractivity contribution in [2.45, 2.75) is 31.6 Å². The zero-order valence-electron chi connectivity index (χ0n) is 17.0. The minimum atomic E-state index is -0.120. The minimum absolute atomic E-state index is 0.00277. The normalized spacial score (nSPS) is 19.5. The second-order valence-corrected chi connectivity index (χ2v) is 8.25. The lowest BCUT2D eigenvalue weighted by Gasteiger charge is -2.36. The van der Waals surface area contributed by atoms with Crippen LogP contribution in [-0.2, 0) is 11.2 Å². The minimum Gasteiger partial charge on any atom is -0.353 e. The number of rotatable bonds is 4. The van der Waals surface area contributed by atoms with E-state index in [1.54, 1.807) is 17.3 Å². The van der Waals surface area contributed by atoms with Crippen LogP contribution in [-0.4, -0.2) is 75.8 Å². The molecule has 3 aliphatic rings. The number of nitrogens with zero attached hydrogens (tertiary/aromatic N) is 6. The fraction of sp³-hybridized carbons (Fsp3) is 0.500. The first-order valence-corrected chi connectivity index (χ1v) is 10.8. The Morgan fingerprint density at radius 2 is 1.90 bits per heavy atom. The van der Waals surface area contributed by atoms with E-state index in [4.69, 9.17) is 0 Å². The Morgan fingerprint density at radius 1 is 1.07 bits per heavy atom. The molecule has 0 radical (unpaired) electrons. The average Bonchev–Trinajstić information content (AvgIpc) is 3.64. The topological polar surface area (TPSA) is 82.5 Å². The number of aryl methyl sites for hydroxylation is 1. The Hall–Kier alpha value is -3.03. The van der Waals surface area contributed by atoms with Crippen molar-refractivity contribution in [1.82, 2.24) is 24.8 Å². The molecule has 0 atom stereocenters. The van der Waals surface area contributed by atoms with Gasteiger partial charge in [0, 0.05) is 51.0 Å². The Balaban J connectivity index is 1.21. The molecule has 4 heterocycles. The summed E-state index contributed by atoms with van der Waals surface area (Å²) in [6.07, 6.45) is 7.32. The number of amides is 2. The number of aromatic nitrogens is 3. The van der Waals surface area contributed by atoms with E-state index in [9.17, 15) is 9.59 Å². The summed E-state index contributed by atoms with van der Waals surface area (Å²) in [5.74, 6) is 2.16. The van der Waals surface area contributed by atoms with E-state index in [1.165, 1.54) is 0 Å². The van der Waals surface area contributed by atoms with Crippen LogP contribution < -0.4 is 4.90 Å². The van der Waals surface area contributed by atoms with E-state index in [1.807, 2.05) is 23.1 Å². The highest BCUT2D eigenvalue weighted by atomic mass is 16.2.